The molecule has 2 rings (SSSR count). The molecule has 0 spiro atoms. The number of halogens is 1. The maximum atomic E-state index is 11.7. The van der Waals surface area contributed by atoms with Gasteiger partial charge in [-0.2, -0.15) is 5.10 Å². The number of aromatic nitrogens is 2. The number of nitrogens with zero attached hydrogens (tertiary/aromatic N) is 3. The number of hydrogen-bond donors (Lipinski definition) is 1. The lowest BCUT2D eigenvalue weighted by Gasteiger charge is -2.29. The average Bonchev–Trinajstić information content (AvgIpc) is 2.41. The Morgan fingerprint density at radius 2 is 2.11 bits per heavy atom. The van der Waals surface area contributed by atoms with Gasteiger partial charge in [-0.1, -0.05) is 0 Å². The second kappa shape index (κ2) is 6.52. The summed E-state index contributed by atoms with van der Waals surface area (Å²) < 4.78 is 1.89. The molecule has 1 aliphatic rings. The highest BCUT2D eigenvalue weighted by Gasteiger charge is 2.16. The van der Waals surface area contributed by atoms with Gasteiger partial charge in [0, 0.05) is 13.6 Å². The highest BCUT2D eigenvalue weighted by Crippen LogP contribution is 2.21. The number of likely N-dealkylation sites (tertiary alicyclic amines) is 1. The van der Waals surface area contributed by atoms with E-state index >= 15 is 0 Å². The lowest BCUT2D eigenvalue weighted by Crippen LogP contribution is -2.31. The zero-order valence-electron chi connectivity index (χ0n) is 11.5. The Labute approximate surface area is 122 Å². The summed E-state index contributed by atoms with van der Waals surface area (Å²) in [4.78, 5) is 14.1. The predicted octanol–water partition coefficient (Wildman–Crippen LogP) is 1.69. The minimum absolute atomic E-state index is 0.107. The summed E-state index contributed by atoms with van der Waals surface area (Å²) in [5, 5.41) is 7.32. The van der Waals surface area contributed by atoms with Crippen molar-refractivity contribution in [3.05, 3.63) is 21.0 Å². The quantitative estimate of drug-likeness (QED) is 0.913. The maximum Gasteiger partial charge on any atom is 0.282 e. The van der Waals surface area contributed by atoms with Crippen LogP contribution in [0.25, 0.3) is 0 Å². The van der Waals surface area contributed by atoms with Crippen molar-refractivity contribution in [1.29, 1.82) is 0 Å². The third-order valence-corrected chi connectivity index (χ3v) is 4.55. The predicted molar refractivity (Wildman–Crippen MR) is 80.5 cm³/mol. The molecule has 106 valence electrons. The molecule has 1 aromatic rings. The lowest BCUT2D eigenvalue weighted by atomic mass is 9.94. The van der Waals surface area contributed by atoms with E-state index in [1.54, 1.807) is 13.2 Å². The third kappa shape index (κ3) is 3.79. The van der Waals surface area contributed by atoms with Gasteiger partial charge in [-0.05, 0) is 61.2 Å². The summed E-state index contributed by atoms with van der Waals surface area (Å²) in [5.41, 5.74) is 0.681. The van der Waals surface area contributed by atoms with Gasteiger partial charge in [0.2, 0.25) is 0 Å². The van der Waals surface area contributed by atoms with Crippen LogP contribution in [0.4, 0.5) is 5.69 Å². The van der Waals surface area contributed by atoms with Crippen molar-refractivity contribution in [1.82, 2.24) is 14.7 Å². The fourth-order valence-electron chi connectivity index (χ4n) is 2.40. The first kappa shape index (κ1) is 14.5. The summed E-state index contributed by atoms with van der Waals surface area (Å²) in [7, 11) is 3.83. The van der Waals surface area contributed by atoms with Crippen LogP contribution in [-0.4, -0.2) is 41.4 Å². The fraction of sp³-hybridized carbons (Fsp3) is 0.692. The van der Waals surface area contributed by atoms with Gasteiger partial charge in [0.15, 0.2) is 0 Å². The van der Waals surface area contributed by atoms with Crippen LogP contribution in [0.1, 0.15) is 19.3 Å². The van der Waals surface area contributed by atoms with Crippen molar-refractivity contribution >= 4 is 21.6 Å². The van der Waals surface area contributed by atoms with Gasteiger partial charge in [-0.3, -0.25) is 4.79 Å². The first-order chi connectivity index (χ1) is 9.08. The van der Waals surface area contributed by atoms with E-state index < -0.39 is 0 Å². The van der Waals surface area contributed by atoms with Gasteiger partial charge >= 0.3 is 0 Å². The Morgan fingerprint density at radius 1 is 1.42 bits per heavy atom. The Balaban J connectivity index is 1.83. The third-order valence-electron chi connectivity index (χ3n) is 3.78. The molecule has 5 nitrogen and oxygen atoms in total. The van der Waals surface area contributed by atoms with E-state index in [0.717, 1.165) is 24.6 Å². The molecular formula is C13H21BrN4O. The first-order valence-electron chi connectivity index (χ1n) is 6.72. The van der Waals surface area contributed by atoms with Crippen molar-refractivity contribution in [2.75, 3.05) is 32.0 Å². The van der Waals surface area contributed by atoms with E-state index in [9.17, 15) is 4.79 Å². The molecule has 0 saturated carbocycles. The molecule has 0 radical (unpaired) electrons. The molecular weight excluding hydrogens is 308 g/mol. The zero-order chi connectivity index (χ0) is 13.8. The van der Waals surface area contributed by atoms with Gasteiger partial charge in [0.1, 0.15) is 4.47 Å². The molecule has 1 saturated heterocycles. The van der Waals surface area contributed by atoms with E-state index in [4.69, 9.17) is 0 Å². The topological polar surface area (TPSA) is 50.2 Å². The zero-order valence-corrected chi connectivity index (χ0v) is 13.1. The first-order valence-corrected chi connectivity index (χ1v) is 7.51. The number of nitrogens with one attached hydrogen (secondary N) is 1. The van der Waals surface area contributed by atoms with Gasteiger partial charge in [-0.15, -0.1) is 0 Å². The van der Waals surface area contributed by atoms with Crippen LogP contribution in [0, 0.1) is 5.92 Å². The van der Waals surface area contributed by atoms with E-state index in [1.165, 1.54) is 30.6 Å². The summed E-state index contributed by atoms with van der Waals surface area (Å²) in [6, 6.07) is 0. The second-order valence-corrected chi connectivity index (χ2v) is 6.06. The van der Waals surface area contributed by atoms with Gasteiger partial charge < -0.3 is 10.2 Å². The Morgan fingerprint density at radius 3 is 2.79 bits per heavy atom. The fourth-order valence-corrected chi connectivity index (χ4v) is 2.89. The standard InChI is InChI=1S/C13H21BrN4O/c1-17-7-4-10(5-8-17)3-6-15-11-9-16-18(2)13(19)12(11)14/h9-10,15H,3-8H2,1-2H3. The maximum absolute atomic E-state index is 11.7. The Kier molecular flexibility index (Phi) is 4.99. The van der Waals surface area contributed by atoms with Gasteiger partial charge in [0.25, 0.3) is 5.56 Å². The van der Waals surface area contributed by atoms with E-state index in [-0.39, 0.29) is 5.56 Å². The smallest absolute Gasteiger partial charge is 0.282 e. The molecule has 0 unspecified atom stereocenters. The number of anilines is 1. The van der Waals surface area contributed by atoms with E-state index in [1.807, 2.05) is 0 Å². The molecule has 1 N–H and O–H groups in total. The van der Waals surface area contributed by atoms with Gasteiger partial charge in [-0.25, -0.2) is 4.68 Å². The van der Waals surface area contributed by atoms with E-state index in [0.29, 0.717) is 4.47 Å². The lowest BCUT2D eigenvalue weighted by molar-refractivity contribution is 0.215. The molecule has 0 aliphatic carbocycles. The number of piperidine rings is 1. The van der Waals surface area contributed by atoms with Crippen molar-refractivity contribution in [3.63, 3.8) is 0 Å². The van der Waals surface area contributed by atoms with Crippen LogP contribution < -0.4 is 10.9 Å². The highest BCUT2D eigenvalue weighted by atomic mass is 79.9. The minimum atomic E-state index is -0.107. The Hall–Kier alpha value is -0.880. The molecule has 0 amide bonds. The van der Waals surface area contributed by atoms with Crippen LogP contribution >= 0.6 is 15.9 Å². The van der Waals surface area contributed by atoms with Crippen molar-refractivity contribution in [2.24, 2.45) is 13.0 Å². The molecule has 1 aromatic heterocycles. The second-order valence-electron chi connectivity index (χ2n) is 5.26. The largest absolute Gasteiger partial charge is 0.383 e. The molecule has 1 aliphatic heterocycles. The number of rotatable bonds is 4. The van der Waals surface area contributed by atoms with Crippen LogP contribution in [0.5, 0.6) is 0 Å². The van der Waals surface area contributed by atoms with Crippen LogP contribution in [0.3, 0.4) is 0 Å². The normalized spacial score (nSPS) is 17.6. The van der Waals surface area contributed by atoms with Crippen molar-refractivity contribution < 1.29 is 0 Å². The van der Waals surface area contributed by atoms with Crippen molar-refractivity contribution in [2.45, 2.75) is 19.3 Å². The molecule has 2 heterocycles. The van der Waals surface area contributed by atoms with E-state index in [2.05, 4.69) is 38.3 Å². The van der Waals surface area contributed by atoms with Crippen LogP contribution in [-0.2, 0) is 7.05 Å². The van der Waals surface area contributed by atoms with Gasteiger partial charge in [0.05, 0.1) is 11.9 Å². The SMILES string of the molecule is CN1CCC(CCNc2cnn(C)c(=O)c2Br)CC1. The summed E-state index contributed by atoms with van der Waals surface area (Å²) in [5.74, 6) is 0.793. The summed E-state index contributed by atoms with van der Waals surface area (Å²) in [6.07, 6.45) is 5.39. The monoisotopic (exact) mass is 328 g/mol. The summed E-state index contributed by atoms with van der Waals surface area (Å²) >= 11 is 3.32. The number of aryl methyl sites for hydroxylation is 1. The molecule has 1 fully saturated rings. The van der Waals surface area contributed by atoms with Crippen LogP contribution in [0.15, 0.2) is 15.5 Å². The molecule has 6 heteroatoms. The molecule has 19 heavy (non-hydrogen) atoms. The van der Waals surface area contributed by atoms with Crippen LogP contribution in [0.2, 0.25) is 0 Å². The number of hydrogen-bond acceptors (Lipinski definition) is 4. The molecule has 0 aromatic carbocycles. The van der Waals surface area contributed by atoms with Crippen molar-refractivity contribution in [3.8, 4) is 0 Å². The molecule has 0 atom stereocenters. The Bertz CT molecular complexity index is 480. The minimum Gasteiger partial charge on any atom is -0.383 e. The summed E-state index contributed by atoms with van der Waals surface area (Å²) in [6.45, 7) is 3.28. The molecule has 0 bridgehead atoms. The average molecular weight is 329 g/mol. The highest BCUT2D eigenvalue weighted by molar-refractivity contribution is 9.10.